The van der Waals surface area contributed by atoms with Gasteiger partial charge in [-0.3, -0.25) is 0 Å². The summed E-state index contributed by atoms with van der Waals surface area (Å²) in [5, 5.41) is 3.69. The number of ether oxygens (including phenoxy) is 3. The molecule has 3 atom stereocenters. The highest BCUT2D eigenvalue weighted by molar-refractivity contribution is 4.87. The SMILES string of the molecule is CC1(C)OC[C@@H](N=[N+]=[N-])[C@@H](C[C@@H]2CO2)O1. The molecule has 6 heteroatoms. The van der Waals surface area contributed by atoms with Crippen molar-refractivity contribution in [1.82, 2.24) is 0 Å². The summed E-state index contributed by atoms with van der Waals surface area (Å²) in [6, 6.07) is -0.243. The Hall–Kier alpha value is -0.810. The predicted octanol–water partition coefficient (Wildman–Crippen LogP) is 1.61. The van der Waals surface area contributed by atoms with Gasteiger partial charge in [0.05, 0.1) is 31.5 Å². The summed E-state index contributed by atoms with van der Waals surface area (Å²) < 4.78 is 16.3. The summed E-state index contributed by atoms with van der Waals surface area (Å²) in [5.41, 5.74) is 8.43. The second-order valence-electron chi connectivity index (χ2n) is 4.33. The van der Waals surface area contributed by atoms with Crippen LogP contribution in [0.1, 0.15) is 20.3 Å². The number of hydrogen-bond donors (Lipinski definition) is 0. The van der Waals surface area contributed by atoms with Crippen LogP contribution in [-0.2, 0) is 14.2 Å². The number of rotatable bonds is 3. The molecule has 6 nitrogen and oxygen atoms in total. The van der Waals surface area contributed by atoms with Crippen molar-refractivity contribution < 1.29 is 14.2 Å². The largest absolute Gasteiger partial charge is 0.373 e. The lowest BCUT2D eigenvalue weighted by Gasteiger charge is -2.39. The Labute approximate surface area is 88.1 Å². The van der Waals surface area contributed by atoms with Crippen molar-refractivity contribution in [3.05, 3.63) is 10.4 Å². The van der Waals surface area contributed by atoms with Gasteiger partial charge < -0.3 is 14.2 Å². The first-order valence-corrected chi connectivity index (χ1v) is 5.08. The highest BCUT2D eigenvalue weighted by Gasteiger charge is 2.39. The third kappa shape index (κ3) is 2.82. The van der Waals surface area contributed by atoms with Crippen molar-refractivity contribution >= 4 is 0 Å². The van der Waals surface area contributed by atoms with Crippen LogP contribution in [0.5, 0.6) is 0 Å². The van der Waals surface area contributed by atoms with Crippen LogP contribution in [0.3, 0.4) is 0 Å². The van der Waals surface area contributed by atoms with Crippen LogP contribution in [0, 0.1) is 0 Å². The second kappa shape index (κ2) is 3.98. The molecule has 0 aromatic heterocycles. The van der Waals surface area contributed by atoms with Crippen LogP contribution in [0.25, 0.3) is 10.4 Å². The number of nitrogens with zero attached hydrogens (tertiary/aromatic N) is 3. The van der Waals surface area contributed by atoms with E-state index >= 15 is 0 Å². The molecule has 0 bridgehead atoms. The van der Waals surface area contributed by atoms with Gasteiger partial charge in [-0.15, -0.1) is 0 Å². The Kier molecular flexibility index (Phi) is 2.84. The van der Waals surface area contributed by atoms with Gasteiger partial charge in [-0.2, -0.15) is 0 Å². The summed E-state index contributed by atoms with van der Waals surface area (Å²) >= 11 is 0. The first-order valence-electron chi connectivity index (χ1n) is 5.08. The Balaban J connectivity index is 2.00. The maximum absolute atomic E-state index is 8.43. The molecule has 2 fully saturated rings. The summed E-state index contributed by atoms with van der Waals surface area (Å²) in [5.74, 6) is -0.596. The van der Waals surface area contributed by atoms with E-state index in [1.165, 1.54) is 0 Å². The quantitative estimate of drug-likeness (QED) is 0.309. The lowest BCUT2D eigenvalue weighted by molar-refractivity contribution is -0.280. The highest BCUT2D eigenvalue weighted by Crippen LogP contribution is 2.29. The van der Waals surface area contributed by atoms with Gasteiger partial charge in [0.2, 0.25) is 0 Å². The van der Waals surface area contributed by atoms with Crippen molar-refractivity contribution in [2.45, 2.75) is 44.3 Å². The monoisotopic (exact) mass is 213 g/mol. The fourth-order valence-electron chi connectivity index (χ4n) is 1.71. The second-order valence-corrected chi connectivity index (χ2v) is 4.33. The smallest absolute Gasteiger partial charge is 0.163 e. The van der Waals surface area contributed by atoms with Gasteiger partial charge in [0.25, 0.3) is 0 Å². The topological polar surface area (TPSA) is 79.8 Å². The van der Waals surface area contributed by atoms with Gasteiger partial charge in [-0.1, -0.05) is 5.11 Å². The minimum absolute atomic E-state index is 0.0999. The van der Waals surface area contributed by atoms with E-state index in [1.54, 1.807) is 0 Å². The minimum atomic E-state index is -0.596. The van der Waals surface area contributed by atoms with Gasteiger partial charge in [-0.25, -0.2) is 0 Å². The normalized spacial score (nSPS) is 38.1. The molecule has 0 radical (unpaired) electrons. The van der Waals surface area contributed by atoms with E-state index in [1.807, 2.05) is 13.8 Å². The molecule has 0 aromatic carbocycles. The van der Waals surface area contributed by atoms with Gasteiger partial charge in [0, 0.05) is 11.3 Å². The molecule has 84 valence electrons. The van der Waals surface area contributed by atoms with Crippen molar-refractivity contribution in [2.24, 2.45) is 5.11 Å². The van der Waals surface area contributed by atoms with Crippen molar-refractivity contribution in [3.8, 4) is 0 Å². The molecule has 2 aliphatic rings. The van der Waals surface area contributed by atoms with E-state index in [0.29, 0.717) is 6.61 Å². The summed E-state index contributed by atoms with van der Waals surface area (Å²) in [6.45, 7) is 4.92. The van der Waals surface area contributed by atoms with Crippen molar-refractivity contribution in [2.75, 3.05) is 13.2 Å². The first-order chi connectivity index (χ1) is 7.11. The Morgan fingerprint density at radius 3 is 2.80 bits per heavy atom. The average molecular weight is 213 g/mol. The molecule has 0 aliphatic carbocycles. The van der Waals surface area contributed by atoms with Crippen molar-refractivity contribution in [1.29, 1.82) is 0 Å². The molecule has 0 amide bonds. The number of hydrogen-bond acceptors (Lipinski definition) is 4. The molecular formula is C9H15N3O3. The summed E-state index contributed by atoms with van der Waals surface area (Å²) in [4.78, 5) is 2.81. The molecule has 2 aliphatic heterocycles. The Morgan fingerprint density at radius 2 is 2.20 bits per heavy atom. The maximum Gasteiger partial charge on any atom is 0.163 e. The van der Waals surface area contributed by atoms with Crippen LogP contribution in [0.4, 0.5) is 0 Å². The van der Waals surface area contributed by atoms with Gasteiger partial charge >= 0.3 is 0 Å². The Morgan fingerprint density at radius 1 is 1.47 bits per heavy atom. The van der Waals surface area contributed by atoms with Crippen LogP contribution in [0.2, 0.25) is 0 Å². The van der Waals surface area contributed by atoms with Crippen LogP contribution >= 0.6 is 0 Å². The summed E-state index contributed by atoms with van der Waals surface area (Å²) in [7, 11) is 0. The van der Waals surface area contributed by atoms with E-state index in [4.69, 9.17) is 19.7 Å². The van der Waals surface area contributed by atoms with E-state index < -0.39 is 5.79 Å². The molecule has 0 aromatic rings. The van der Waals surface area contributed by atoms with Gasteiger partial charge in [0.1, 0.15) is 0 Å². The first kappa shape index (κ1) is 10.7. The standard InChI is InChI=1S/C9H15N3O3/c1-9(2)14-5-7(11-12-10)8(15-9)3-6-4-13-6/h6-8H,3-5H2,1-2H3/t6-,7-,8-/m1/s1. The van der Waals surface area contributed by atoms with E-state index in [2.05, 4.69) is 10.0 Å². The average Bonchev–Trinajstić information content (AvgIpc) is 2.93. The zero-order valence-corrected chi connectivity index (χ0v) is 8.92. The molecular weight excluding hydrogens is 198 g/mol. The third-order valence-electron chi connectivity index (χ3n) is 2.56. The van der Waals surface area contributed by atoms with Crippen LogP contribution in [-0.4, -0.2) is 37.3 Å². The molecule has 0 unspecified atom stereocenters. The molecule has 0 spiro atoms. The molecule has 2 heterocycles. The van der Waals surface area contributed by atoms with Gasteiger partial charge in [0.15, 0.2) is 5.79 Å². The molecule has 0 saturated carbocycles. The van der Waals surface area contributed by atoms with Gasteiger partial charge in [-0.05, 0) is 19.4 Å². The Bertz CT molecular complexity index is 284. The maximum atomic E-state index is 8.43. The van der Waals surface area contributed by atoms with Crippen LogP contribution < -0.4 is 0 Å². The molecule has 15 heavy (non-hydrogen) atoms. The predicted molar refractivity (Wildman–Crippen MR) is 52.2 cm³/mol. The van der Waals surface area contributed by atoms with Crippen LogP contribution in [0.15, 0.2) is 5.11 Å². The number of azide groups is 1. The van der Waals surface area contributed by atoms with E-state index in [-0.39, 0.29) is 18.2 Å². The summed E-state index contributed by atoms with van der Waals surface area (Å²) in [6.07, 6.45) is 0.939. The zero-order valence-electron chi connectivity index (χ0n) is 8.92. The molecule has 0 N–H and O–H groups in total. The highest BCUT2D eigenvalue weighted by atomic mass is 16.7. The lowest BCUT2D eigenvalue weighted by atomic mass is 10.1. The van der Waals surface area contributed by atoms with Crippen molar-refractivity contribution in [3.63, 3.8) is 0 Å². The third-order valence-corrected chi connectivity index (χ3v) is 2.56. The fourth-order valence-corrected chi connectivity index (χ4v) is 1.71. The molecule has 2 rings (SSSR count). The number of epoxide rings is 1. The van der Waals surface area contributed by atoms with E-state index in [0.717, 1.165) is 13.0 Å². The van der Waals surface area contributed by atoms with E-state index in [9.17, 15) is 0 Å². The molecule has 2 saturated heterocycles. The lowest BCUT2D eigenvalue weighted by Crippen LogP contribution is -2.48. The fraction of sp³-hybridized carbons (Fsp3) is 1.00. The zero-order chi connectivity index (χ0) is 10.9. The minimum Gasteiger partial charge on any atom is -0.373 e.